The van der Waals surface area contributed by atoms with Crippen LogP contribution in [0.5, 0.6) is 5.75 Å². The van der Waals surface area contributed by atoms with Crippen molar-refractivity contribution in [1.29, 1.82) is 0 Å². The maximum absolute atomic E-state index is 12.0. The Labute approximate surface area is 128 Å². The summed E-state index contributed by atoms with van der Waals surface area (Å²) in [7, 11) is 0. The number of nitrogens with zero attached hydrogens (tertiary/aromatic N) is 3. The molecule has 6 nitrogen and oxygen atoms in total. The van der Waals surface area contributed by atoms with Crippen molar-refractivity contribution in [2.75, 3.05) is 5.32 Å². The van der Waals surface area contributed by atoms with Crippen LogP contribution in [0.15, 0.2) is 53.6 Å². The Kier molecular flexibility index (Phi) is 4.72. The molecule has 1 N–H and O–H groups in total. The maximum atomic E-state index is 12.0. The minimum Gasteiger partial charge on any atom is -0.406 e. The molecule has 0 atom stereocenters. The van der Waals surface area contributed by atoms with Crippen molar-refractivity contribution in [1.82, 2.24) is 0 Å². The third kappa shape index (κ3) is 4.94. The number of anilines is 1. The fraction of sp³-hybridized carbons (Fsp3) is 0.0714. The van der Waals surface area contributed by atoms with Crippen molar-refractivity contribution < 1.29 is 22.7 Å². The summed E-state index contributed by atoms with van der Waals surface area (Å²) in [5.74, 6) is -0.884. The number of carbonyl (C=O) groups is 1. The Bertz CT molecular complexity index is 753. The van der Waals surface area contributed by atoms with Crippen LogP contribution in [-0.2, 0) is 0 Å². The van der Waals surface area contributed by atoms with Gasteiger partial charge in [-0.05, 0) is 41.9 Å². The van der Waals surface area contributed by atoms with Gasteiger partial charge in [0.05, 0.1) is 0 Å². The van der Waals surface area contributed by atoms with Crippen molar-refractivity contribution in [2.45, 2.75) is 6.36 Å². The average Bonchev–Trinajstić information content (AvgIpc) is 2.48. The molecule has 0 bridgehead atoms. The Hall–Kier alpha value is -3.19. The van der Waals surface area contributed by atoms with Gasteiger partial charge in [-0.2, -0.15) is 0 Å². The maximum Gasteiger partial charge on any atom is 0.573 e. The van der Waals surface area contributed by atoms with Gasteiger partial charge in [0.15, 0.2) is 0 Å². The molecule has 118 valence electrons. The second kappa shape index (κ2) is 6.71. The third-order valence-electron chi connectivity index (χ3n) is 2.61. The Morgan fingerprint density at radius 2 is 1.87 bits per heavy atom. The summed E-state index contributed by atoms with van der Waals surface area (Å²) < 4.78 is 39.9. The van der Waals surface area contributed by atoms with E-state index >= 15 is 0 Å². The van der Waals surface area contributed by atoms with Crippen LogP contribution >= 0.6 is 0 Å². The largest absolute Gasteiger partial charge is 0.573 e. The average molecular weight is 322 g/mol. The van der Waals surface area contributed by atoms with Gasteiger partial charge in [0.25, 0.3) is 5.91 Å². The minimum absolute atomic E-state index is 0.241. The number of ether oxygens (including phenoxy) is 1. The van der Waals surface area contributed by atoms with E-state index in [1.54, 1.807) is 6.07 Å². The topological polar surface area (TPSA) is 87.1 Å². The van der Waals surface area contributed by atoms with Crippen molar-refractivity contribution in [3.63, 3.8) is 0 Å². The van der Waals surface area contributed by atoms with Gasteiger partial charge >= 0.3 is 6.36 Å². The number of nitrogens with one attached hydrogen (secondary N) is 1. The fourth-order valence-electron chi connectivity index (χ4n) is 1.70. The highest BCUT2D eigenvalue weighted by Crippen LogP contribution is 2.24. The number of benzene rings is 2. The van der Waals surface area contributed by atoms with E-state index in [2.05, 4.69) is 20.1 Å². The molecule has 9 heteroatoms. The predicted molar refractivity (Wildman–Crippen MR) is 76.3 cm³/mol. The van der Waals surface area contributed by atoms with E-state index in [0.29, 0.717) is 5.69 Å². The van der Waals surface area contributed by atoms with Crippen molar-refractivity contribution in [2.24, 2.45) is 5.11 Å². The molecule has 0 aromatic heterocycles. The van der Waals surface area contributed by atoms with Gasteiger partial charge in [0, 0.05) is 21.8 Å². The summed E-state index contributed by atoms with van der Waals surface area (Å²) in [5.41, 5.74) is 9.16. The molecule has 0 aliphatic carbocycles. The molecule has 23 heavy (non-hydrogen) atoms. The van der Waals surface area contributed by atoms with Gasteiger partial charge in [0.2, 0.25) is 0 Å². The van der Waals surface area contributed by atoms with E-state index in [1.165, 1.54) is 30.3 Å². The van der Waals surface area contributed by atoms with E-state index in [9.17, 15) is 18.0 Å². The highest BCUT2D eigenvalue weighted by atomic mass is 19.4. The van der Waals surface area contributed by atoms with Crippen molar-refractivity contribution in [3.8, 4) is 5.75 Å². The number of amides is 1. The zero-order valence-corrected chi connectivity index (χ0v) is 11.4. The third-order valence-corrected chi connectivity index (χ3v) is 2.61. The Morgan fingerprint density at radius 3 is 2.48 bits per heavy atom. The van der Waals surface area contributed by atoms with Crippen LogP contribution < -0.4 is 10.1 Å². The van der Waals surface area contributed by atoms with Gasteiger partial charge in [0.1, 0.15) is 5.75 Å². The van der Waals surface area contributed by atoms with Crippen molar-refractivity contribution >= 4 is 17.3 Å². The summed E-state index contributed by atoms with van der Waals surface area (Å²) in [6, 6.07) is 10.7. The highest BCUT2D eigenvalue weighted by Gasteiger charge is 2.30. The number of carbonyl (C=O) groups excluding carboxylic acids is 1. The quantitative estimate of drug-likeness (QED) is 0.499. The highest BCUT2D eigenvalue weighted by molar-refractivity contribution is 6.04. The van der Waals surface area contributed by atoms with Gasteiger partial charge in [-0.25, -0.2) is 0 Å². The van der Waals surface area contributed by atoms with Gasteiger partial charge in [-0.3, -0.25) is 4.79 Å². The zero-order valence-electron chi connectivity index (χ0n) is 11.4. The predicted octanol–water partition coefficient (Wildman–Crippen LogP) is 4.78. The lowest BCUT2D eigenvalue weighted by Crippen LogP contribution is -2.17. The van der Waals surface area contributed by atoms with Crippen LogP contribution in [0.1, 0.15) is 10.4 Å². The molecular weight excluding hydrogens is 313 g/mol. The SMILES string of the molecule is [N-]=[N+]=Nc1cccc(C(=O)Nc2ccc(OC(F)(F)F)cc2)c1. The Balaban J connectivity index is 2.08. The summed E-state index contributed by atoms with van der Waals surface area (Å²) >= 11 is 0. The molecule has 2 aromatic carbocycles. The van der Waals surface area contributed by atoms with E-state index in [1.807, 2.05) is 0 Å². The number of hydrogen-bond acceptors (Lipinski definition) is 3. The molecule has 0 saturated carbocycles. The van der Waals surface area contributed by atoms with Crippen LogP contribution in [-0.4, -0.2) is 12.3 Å². The smallest absolute Gasteiger partial charge is 0.406 e. The second-order valence-corrected chi connectivity index (χ2v) is 4.27. The molecule has 0 unspecified atom stereocenters. The molecule has 0 aliphatic heterocycles. The summed E-state index contributed by atoms with van der Waals surface area (Å²) in [5, 5.41) is 5.89. The van der Waals surface area contributed by atoms with Crippen LogP contribution in [0.2, 0.25) is 0 Å². The number of azide groups is 1. The Morgan fingerprint density at radius 1 is 1.17 bits per heavy atom. The van der Waals surface area contributed by atoms with Crippen LogP contribution in [0.3, 0.4) is 0 Å². The first-order valence-electron chi connectivity index (χ1n) is 6.20. The number of halogens is 3. The minimum atomic E-state index is -4.77. The number of alkyl halides is 3. The molecule has 0 radical (unpaired) electrons. The summed E-state index contributed by atoms with van der Waals surface area (Å²) in [6.07, 6.45) is -4.77. The second-order valence-electron chi connectivity index (χ2n) is 4.27. The molecule has 2 aromatic rings. The molecule has 0 heterocycles. The summed E-state index contributed by atoms with van der Waals surface area (Å²) in [6.45, 7) is 0. The van der Waals surface area contributed by atoms with E-state index in [0.717, 1.165) is 12.1 Å². The van der Waals surface area contributed by atoms with Crippen molar-refractivity contribution in [3.05, 3.63) is 64.5 Å². The van der Waals surface area contributed by atoms with Gasteiger partial charge < -0.3 is 10.1 Å². The van der Waals surface area contributed by atoms with E-state index in [-0.39, 0.29) is 17.0 Å². The first-order chi connectivity index (χ1) is 10.9. The molecule has 2 rings (SSSR count). The van der Waals surface area contributed by atoms with E-state index in [4.69, 9.17) is 5.53 Å². The fourth-order valence-corrected chi connectivity index (χ4v) is 1.70. The molecule has 0 saturated heterocycles. The number of rotatable bonds is 4. The first-order valence-corrected chi connectivity index (χ1v) is 6.20. The first kappa shape index (κ1) is 16.2. The lowest BCUT2D eigenvalue weighted by molar-refractivity contribution is -0.274. The standard InChI is InChI=1S/C14H9F3N4O2/c15-14(16,17)23-12-6-4-10(5-7-12)19-13(22)9-2-1-3-11(8-9)20-21-18/h1-8H,(H,19,22). The molecule has 0 aliphatic rings. The monoisotopic (exact) mass is 322 g/mol. The number of hydrogen-bond donors (Lipinski definition) is 1. The lowest BCUT2D eigenvalue weighted by Gasteiger charge is -2.10. The van der Waals surface area contributed by atoms with E-state index < -0.39 is 12.3 Å². The zero-order chi connectivity index (χ0) is 16.9. The lowest BCUT2D eigenvalue weighted by atomic mass is 10.2. The van der Waals surface area contributed by atoms with Crippen LogP contribution in [0.25, 0.3) is 10.4 Å². The van der Waals surface area contributed by atoms with Crippen LogP contribution in [0, 0.1) is 0 Å². The normalized spacial score (nSPS) is 10.6. The van der Waals surface area contributed by atoms with Gasteiger partial charge in [-0.15, -0.1) is 13.2 Å². The summed E-state index contributed by atoms with van der Waals surface area (Å²) in [4.78, 5) is 14.6. The molecule has 1 amide bonds. The molecular formula is C14H9F3N4O2. The molecule has 0 spiro atoms. The van der Waals surface area contributed by atoms with Gasteiger partial charge in [-0.1, -0.05) is 17.2 Å². The van der Waals surface area contributed by atoms with Crippen LogP contribution in [0.4, 0.5) is 24.5 Å². The molecule has 0 fully saturated rings.